The van der Waals surface area contributed by atoms with E-state index in [1.807, 2.05) is 13.8 Å². The molecule has 0 radical (unpaired) electrons. The minimum atomic E-state index is -0.879. The third kappa shape index (κ3) is 3.81. The van der Waals surface area contributed by atoms with Gasteiger partial charge in [-0.3, -0.25) is 4.79 Å². The van der Waals surface area contributed by atoms with E-state index < -0.39 is 5.54 Å². The van der Waals surface area contributed by atoms with Gasteiger partial charge in [-0.25, -0.2) is 4.39 Å². The van der Waals surface area contributed by atoms with Crippen LogP contribution < -0.4 is 11.1 Å². The average molecular weight is 252 g/mol. The van der Waals surface area contributed by atoms with Crippen LogP contribution in [0.25, 0.3) is 0 Å². The number of carbonyl (C=O) groups excluding carboxylic acids is 1. The molecular formula is C14H21FN2O. The molecule has 100 valence electrons. The van der Waals surface area contributed by atoms with Gasteiger partial charge < -0.3 is 11.1 Å². The predicted molar refractivity (Wildman–Crippen MR) is 70.5 cm³/mol. The molecular weight excluding hydrogens is 231 g/mol. The fraction of sp³-hybridized carbons (Fsp3) is 0.500. The molecule has 0 spiro atoms. The second-order valence-electron chi connectivity index (χ2n) is 4.92. The van der Waals surface area contributed by atoms with E-state index in [1.54, 1.807) is 19.1 Å². The van der Waals surface area contributed by atoms with Gasteiger partial charge in [-0.05, 0) is 38.0 Å². The summed E-state index contributed by atoms with van der Waals surface area (Å²) < 4.78 is 13.1. The molecule has 3 nitrogen and oxygen atoms in total. The third-order valence-corrected chi connectivity index (χ3v) is 2.98. The minimum absolute atomic E-state index is 0.207. The summed E-state index contributed by atoms with van der Waals surface area (Å²) in [7, 11) is 0. The number of hydrogen-bond acceptors (Lipinski definition) is 2. The molecule has 0 aliphatic rings. The van der Waals surface area contributed by atoms with Crippen molar-refractivity contribution in [2.75, 3.05) is 0 Å². The van der Waals surface area contributed by atoms with Crippen LogP contribution in [0.3, 0.4) is 0 Å². The molecule has 1 aromatic rings. The van der Waals surface area contributed by atoms with Gasteiger partial charge in [0, 0.05) is 0 Å². The lowest BCUT2D eigenvalue weighted by Crippen LogP contribution is -2.52. The maximum atomic E-state index is 13.1. The van der Waals surface area contributed by atoms with Crippen LogP contribution in [0.5, 0.6) is 0 Å². The van der Waals surface area contributed by atoms with Gasteiger partial charge in [0.05, 0.1) is 11.6 Å². The van der Waals surface area contributed by atoms with Gasteiger partial charge in [-0.1, -0.05) is 25.5 Å². The number of amides is 1. The summed E-state index contributed by atoms with van der Waals surface area (Å²) >= 11 is 0. The molecule has 0 heterocycles. The molecule has 0 aliphatic carbocycles. The maximum absolute atomic E-state index is 13.1. The highest BCUT2D eigenvalue weighted by atomic mass is 19.1. The van der Waals surface area contributed by atoms with Crippen molar-refractivity contribution >= 4 is 5.91 Å². The van der Waals surface area contributed by atoms with Crippen molar-refractivity contribution in [2.24, 2.45) is 5.73 Å². The van der Waals surface area contributed by atoms with Gasteiger partial charge in [0.25, 0.3) is 0 Å². The second-order valence-corrected chi connectivity index (χ2v) is 4.92. The van der Waals surface area contributed by atoms with E-state index in [0.717, 1.165) is 12.0 Å². The fourth-order valence-corrected chi connectivity index (χ4v) is 1.85. The SMILES string of the molecule is CCCC(C)(N)C(=O)NC(C)c1cccc(F)c1. The van der Waals surface area contributed by atoms with E-state index in [4.69, 9.17) is 5.73 Å². The minimum Gasteiger partial charge on any atom is -0.348 e. The molecule has 0 aliphatic heterocycles. The van der Waals surface area contributed by atoms with E-state index in [9.17, 15) is 9.18 Å². The second kappa shape index (κ2) is 5.96. The first-order chi connectivity index (χ1) is 8.36. The Hall–Kier alpha value is -1.42. The van der Waals surface area contributed by atoms with Crippen LogP contribution in [0, 0.1) is 5.82 Å². The Labute approximate surface area is 108 Å². The van der Waals surface area contributed by atoms with E-state index in [1.165, 1.54) is 12.1 Å². The van der Waals surface area contributed by atoms with Crippen LogP contribution in [0.15, 0.2) is 24.3 Å². The zero-order valence-electron chi connectivity index (χ0n) is 11.2. The highest BCUT2D eigenvalue weighted by Crippen LogP contribution is 2.16. The molecule has 3 N–H and O–H groups in total. The average Bonchev–Trinajstić information content (AvgIpc) is 2.28. The van der Waals surface area contributed by atoms with E-state index in [-0.39, 0.29) is 17.8 Å². The Kier molecular flexibility index (Phi) is 4.84. The lowest BCUT2D eigenvalue weighted by atomic mass is 9.95. The number of carbonyl (C=O) groups is 1. The standard InChI is InChI=1S/C14H21FN2O/c1-4-8-14(3,16)13(18)17-10(2)11-6-5-7-12(15)9-11/h5-7,9-10H,4,8,16H2,1-3H3,(H,17,18). The molecule has 0 fully saturated rings. The van der Waals surface area contributed by atoms with Gasteiger partial charge in [-0.15, -0.1) is 0 Å². The van der Waals surface area contributed by atoms with Crippen molar-refractivity contribution in [1.29, 1.82) is 0 Å². The first-order valence-electron chi connectivity index (χ1n) is 6.22. The lowest BCUT2D eigenvalue weighted by molar-refractivity contribution is -0.126. The summed E-state index contributed by atoms with van der Waals surface area (Å²) in [6, 6.07) is 5.94. The molecule has 0 bridgehead atoms. The summed E-state index contributed by atoms with van der Waals surface area (Å²) in [6.45, 7) is 5.51. The normalized spacial score (nSPS) is 15.8. The predicted octanol–water partition coefficient (Wildman–Crippen LogP) is 2.52. The van der Waals surface area contributed by atoms with E-state index in [2.05, 4.69) is 5.32 Å². The topological polar surface area (TPSA) is 55.1 Å². The largest absolute Gasteiger partial charge is 0.348 e. The number of nitrogens with one attached hydrogen (secondary N) is 1. The van der Waals surface area contributed by atoms with Gasteiger partial charge in [-0.2, -0.15) is 0 Å². The highest BCUT2D eigenvalue weighted by Gasteiger charge is 2.28. The van der Waals surface area contributed by atoms with Gasteiger partial charge >= 0.3 is 0 Å². The smallest absolute Gasteiger partial charge is 0.240 e. The Bertz CT molecular complexity index is 418. The van der Waals surface area contributed by atoms with Crippen LogP contribution in [-0.4, -0.2) is 11.4 Å². The van der Waals surface area contributed by atoms with Crippen LogP contribution in [0.2, 0.25) is 0 Å². The van der Waals surface area contributed by atoms with Crippen molar-refractivity contribution in [1.82, 2.24) is 5.32 Å². The number of benzene rings is 1. The number of halogens is 1. The monoisotopic (exact) mass is 252 g/mol. The van der Waals surface area contributed by atoms with Crippen LogP contribution >= 0.6 is 0 Å². The molecule has 1 rings (SSSR count). The molecule has 0 saturated carbocycles. The summed E-state index contributed by atoms with van der Waals surface area (Å²) in [6.07, 6.45) is 1.46. The summed E-state index contributed by atoms with van der Waals surface area (Å²) in [5.41, 5.74) is 5.79. The molecule has 0 saturated heterocycles. The first-order valence-corrected chi connectivity index (χ1v) is 6.22. The lowest BCUT2D eigenvalue weighted by Gasteiger charge is -2.25. The number of rotatable bonds is 5. The molecule has 1 amide bonds. The first kappa shape index (κ1) is 14.6. The third-order valence-electron chi connectivity index (χ3n) is 2.98. The number of nitrogens with two attached hydrogens (primary N) is 1. The highest BCUT2D eigenvalue weighted by molar-refractivity contribution is 5.85. The Morgan fingerprint density at radius 2 is 2.22 bits per heavy atom. The van der Waals surface area contributed by atoms with Gasteiger partial charge in [0.2, 0.25) is 5.91 Å². The molecule has 0 aromatic heterocycles. The van der Waals surface area contributed by atoms with E-state index >= 15 is 0 Å². The summed E-state index contributed by atoms with van der Waals surface area (Å²) in [4.78, 5) is 12.0. The molecule has 1 aromatic carbocycles. The summed E-state index contributed by atoms with van der Waals surface area (Å²) in [5.74, 6) is -0.515. The number of hydrogen-bond donors (Lipinski definition) is 2. The molecule has 4 heteroatoms. The maximum Gasteiger partial charge on any atom is 0.240 e. The Morgan fingerprint density at radius 3 is 2.78 bits per heavy atom. The van der Waals surface area contributed by atoms with Crippen LogP contribution in [0.1, 0.15) is 45.2 Å². The van der Waals surface area contributed by atoms with Crippen LogP contribution in [-0.2, 0) is 4.79 Å². The van der Waals surface area contributed by atoms with Crippen molar-refractivity contribution < 1.29 is 9.18 Å². The van der Waals surface area contributed by atoms with Gasteiger partial charge in [0.15, 0.2) is 0 Å². The van der Waals surface area contributed by atoms with Crippen molar-refractivity contribution in [3.63, 3.8) is 0 Å². The summed E-state index contributed by atoms with van der Waals surface area (Å²) in [5, 5.41) is 2.82. The van der Waals surface area contributed by atoms with E-state index in [0.29, 0.717) is 6.42 Å². The Balaban J connectivity index is 2.70. The van der Waals surface area contributed by atoms with Gasteiger partial charge in [0.1, 0.15) is 5.82 Å². The zero-order valence-corrected chi connectivity index (χ0v) is 11.2. The van der Waals surface area contributed by atoms with Crippen molar-refractivity contribution in [3.05, 3.63) is 35.6 Å². The Morgan fingerprint density at radius 1 is 1.56 bits per heavy atom. The molecule has 18 heavy (non-hydrogen) atoms. The van der Waals surface area contributed by atoms with Crippen molar-refractivity contribution in [3.8, 4) is 0 Å². The van der Waals surface area contributed by atoms with Crippen LogP contribution in [0.4, 0.5) is 4.39 Å². The van der Waals surface area contributed by atoms with Crippen molar-refractivity contribution in [2.45, 2.75) is 45.2 Å². The molecule has 2 atom stereocenters. The quantitative estimate of drug-likeness (QED) is 0.846. The molecule has 2 unspecified atom stereocenters. The fourth-order valence-electron chi connectivity index (χ4n) is 1.85. The zero-order chi connectivity index (χ0) is 13.8.